The molecule has 1 aliphatic heterocycles. The highest BCUT2D eigenvalue weighted by Gasteiger charge is 2.43. The number of aromatic amines is 1. The van der Waals surface area contributed by atoms with Crippen LogP contribution in [0, 0.1) is 26.7 Å². The number of sulfonamides is 1. The number of aromatic nitrogens is 4. The summed E-state index contributed by atoms with van der Waals surface area (Å²) < 4.78 is 45.3. The van der Waals surface area contributed by atoms with Crippen LogP contribution in [-0.4, -0.2) is 52.8 Å². The number of aryl methyl sites for hydroxylation is 3. The van der Waals surface area contributed by atoms with Gasteiger partial charge in [0.1, 0.15) is 16.4 Å². The van der Waals surface area contributed by atoms with Gasteiger partial charge in [0.05, 0.1) is 6.67 Å². The zero-order valence-electron chi connectivity index (χ0n) is 13.1. The molecular formula is C13H18FN5O3S. The van der Waals surface area contributed by atoms with Crippen molar-refractivity contribution in [3.63, 3.8) is 0 Å². The zero-order valence-corrected chi connectivity index (χ0v) is 13.9. The van der Waals surface area contributed by atoms with Crippen molar-refractivity contribution in [2.45, 2.75) is 31.6 Å². The smallest absolute Gasteiger partial charge is 0.248 e. The van der Waals surface area contributed by atoms with Crippen molar-refractivity contribution in [3.05, 3.63) is 23.1 Å². The number of rotatable bonds is 4. The predicted octanol–water partition coefficient (Wildman–Crippen LogP) is 1.09. The molecule has 0 amide bonds. The first-order valence-corrected chi connectivity index (χ1v) is 8.66. The molecule has 8 nitrogen and oxygen atoms in total. The number of nitrogens with zero attached hydrogens (tertiary/aromatic N) is 4. The molecule has 0 bridgehead atoms. The SMILES string of the molecule is Cc1nc(C2CN(S(=O)(=O)c3c(C)noc3C)CC2CF)n[nH]1. The van der Waals surface area contributed by atoms with Gasteiger partial charge in [-0.15, -0.1) is 0 Å². The summed E-state index contributed by atoms with van der Waals surface area (Å²) >= 11 is 0. The third-order valence-electron chi connectivity index (χ3n) is 4.12. The van der Waals surface area contributed by atoms with Crippen molar-refractivity contribution in [2.24, 2.45) is 5.92 Å². The highest BCUT2D eigenvalue weighted by Crippen LogP contribution is 2.35. The van der Waals surface area contributed by atoms with Gasteiger partial charge < -0.3 is 4.52 Å². The Balaban J connectivity index is 1.93. The Hall–Kier alpha value is -1.81. The lowest BCUT2D eigenvalue weighted by Crippen LogP contribution is -2.30. The molecule has 2 atom stereocenters. The Labute approximate surface area is 133 Å². The van der Waals surface area contributed by atoms with E-state index in [-0.39, 0.29) is 29.7 Å². The molecule has 10 heteroatoms. The first-order valence-electron chi connectivity index (χ1n) is 7.22. The van der Waals surface area contributed by atoms with E-state index in [0.717, 1.165) is 0 Å². The highest BCUT2D eigenvalue weighted by atomic mass is 32.2. The summed E-state index contributed by atoms with van der Waals surface area (Å²) in [6.07, 6.45) is 0. The van der Waals surface area contributed by atoms with Crippen LogP contribution in [0.1, 0.15) is 29.0 Å². The van der Waals surface area contributed by atoms with Crippen LogP contribution in [-0.2, 0) is 10.0 Å². The summed E-state index contributed by atoms with van der Waals surface area (Å²) in [5.74, 6) is 0.448. The maximum Gasteiger partial charge on any atom is 0.248 e. The van der Waals surface area contributed by atoms with E-state index in [4.69, 9.17) is 4.52 Å². The minimum absolute atomic E-state index is 0.0573. The first kappa shape index (κ1) is 16.1. The third-order valence-corrected chi connectivity index (χ3v) is 6.19. The normalized spacial score (nSPS) is 22.8. The quantitative estimate of drug-likeness (QED) is 0.891. The van der Waals surface area contributed by atoms with Crippen LogP contribution in [0.25, 0.3) is 0 Å². The molecule has 2 aromatic heterocycles. The van der Waals surface area contributed by atoms with Crippen LogP contribution in [0.5, 0.6) is 0 Å². The molecule has 0 aromatic carbocycles. The average Bonchev–Trinajstić information content (AvgIpc) is 3.17. The van der Waals surface area contributed by atoms with E-state index in [0.29, 0.717) is 17.3 Å². The van der Waals surface area contributed by atoms with Crippen LogP contribution in [0.4, 0.5) is 4.39 Å². The van der Waals surface area contributed by atoms with Gasteiger partial charge in [-0.05, 0) is 20.8 Å². The van der Waals surface area contributed by atoms with Crippen LogP contribution < -0.4 is 0 Å². The zero-order chi connectivity index (χ0) is 16.8. The lowest BCUT2D eigenvalue weighted by atomic mass is 9.97. The van der Waals surface area contributed by atoms with Gasteiger partial charge in [-0.25, -0.2) is 13.4 Å². The molecule has 3 rings (SSSR count). The Morgan fingerprint density at radius 2 is 2.09 bits per heavy atom. The summed E-state index contributed by atoms with van der Waals surface area (Å²) in [6, 6.07) is 0. The van der Waals surface area contributed by atoms with Gasteiger partial charge in [-0.2, -0.15) is 9.40 Å². The number of hydrogen-bond donors (Lipinski definition) is 1. The summed E-state index contributed by atoms with van der Waals surface area (Å²) in [7, 11) is -3.79. The van der Waals surface area contributed by atoms with Crippen LogP contribution in [0.15, 0.2) is 9.42 Å². The van der Waals surface area contributed by atoms with Gasteiger partial charge in [0.2, 0.25) is 10.0 Å². The van der Waals surface area contributed by atoms with E-state index in [1.807, 2.05) is 0 Å². The Bertz CT molecular complexity index is 796. The lowest BCUT2D eigenvalue weighted by molar-refractivity contribution is 0.345. The van der Waals surface area contributed by atoms with E-state index in [2.05, 4.69) is 20.3 Å². The van der Waals surface area contributed by atoms with Crippen molar-refractivity contribution in [2.75, 3.05) is 19.8 Å². The number of hydrogen-bond acceptors (Lipinski definition) is 6. The van der Waals surface area contributed by atoms with Crippen molar-refractivity contribution in [1.82, 2.24) is 24.6 Å². The Morgan fingerprint density at radius 1 is 1.35 bits per heavy atom. The fourth-order valence-electron chi connectivity index (χ4n) is 2.97. The fraction of sp³-hybridized carbons (Fsp3) is 0.615. The highest BCUT2D eigenvalue weighted by molar-refractivity contribution is 7.89. The molecule has 1 fully saturated rings. The van der Waals surface area contributed by atoms with E-state index < -0.39 is 22.6 Å². The monoisotopic (exact) mass is 343 g/mol. The molecule has 3 heterocycles. The Morgan fingerprint density at radius 3 is 2.61 bits per heavy atom. The minimum atomic E-state index is -3.79. The van der Waals surface area contributed by atoms with Gasteiger partial charge >= 0.3 is 0 Å². The van der Waals surface area contributed by atoms with Gasteiger partial charge in [-0.1, -0.05) is 5.16 Å². The summed E-state index contributed by atoms with van der Waals surface area (Å²) in [6.45, 7) is 4.45. The van der Waals surface area contributed by atoms with Gasteiger partial charge in [0, 0.05) is 24.9 Å². The van der Waals surface area contributed by atoms with Gasteiger partial charge in [0.15, 0.2) is 11.6 Å². The molecule has 0 radical (unpaired) electrons. The number of alkyl halides is 1. The molecule has 0 aliphatic carbocycles. The van der Waals surface area contributed by atoms with Crippen molar-refractivity contribution in [3.8, 4) is 0 Å². The summed E-state index contributed by atoms with van der Waals surface area (Å²) in [4.78, 5) is 4.28. The first-order chi connectivity index (χ1) is 10.8. The van der Waals surface area contributed by atoms with Crippen molar-refractivity contribution >= 4 is 10.0 Å². The van der Waals surface area contributed by atoms with E-state index >= 15 is 0 Å². The summed E-state index contributed by atoms with van der Waals surface area (Å²) in [5, 5.41) is 10.5. The van der Waals surface area contributed by atoms with Crippen LogP contribution in [0.3, 0.4) is 0 Å². The molecule has 2 unspecified atom stereocenters. The summed E-state index contributed by atoms with van der Waals surface area (Å²) in [5.41, 5.74) is 0.302. The van der Waals surface area contributed by atoms with E-state index in [9.17, 15) is 12.8 Å². The Kier molecular flexibility index (Phi) is 3.96. The standard InChI is InChI=1S/C13H18FN5O3S/c1-7-12(8(2)22-18-7)23(20,21)19-5-10(4-14)11(6-19)13-15-9(3)16-17-13/h10-11H,4-6H2,1-3H3,(H,15,16,17). The van der Waals surface area contributed by atoms with Crippen molar-refractivity contribution in [1.29, 1.82) is 0 Å². The molecule has 0 spiro atoms. The van der Waals surface area contributed by atoms with E-state index in [1.54, 1.807) is 20.8 Å². The van der Waals surface area contributed by atoms with E-state index in [1.165, 1.54) is 4.31 Å². The van der Waals surface area contributed by atoms with Gasteiger partial charge in [0.25, 0.3) is 0 Å². The molecule has 1 saturated heterocycles. The number of H-pyrrole nitrogens is 1. The lowest BCUT2D eigenvalue weighted by Gasteiger charge is -2.15. The predicted molar refractivity (Wildman–Crippen MR) is 78.1 cm³/mol. The molecule has 126 valence electrons. The van der Waals surface area contributed by atoms with Gasteiger partial charge in [-0.3, -0.25) is 9.49 Å². The number of halogens is 1. The molecule has 1 aliphatic rings. The fourth-order valence-corrected chi connectivity index (χ4v) is 4.79. The largest absolute Gasteiger partial charge is 0.360 e. The topological polar surface area (TPSA) is 105 Å². The molecular weight excluding hydrogens is 325 g/mol. The molecule has 23 heavy (non-hydrogen) atoms. The molecule has 2 aromatic rings. The van der Waals surface area contributed by atoms with Crippen LogP contribution in [0.2, 0.25) is 0 Å². The second kappa shape index (κ2) is 5.68. The third kappa shape index (κ3) is 2.65. The van der Waals surface area contributed by atoms with Crippen molar-refractivity contribution < 1.29 is 17.3 Å². The number of nitrogens with one attached hydrogen (secondary N) is 1. The maximum absolute atomic E-state index is 13.4. The second-order valence-corrected chi connectivity index (χ2v) is 7.65. The minimum Gasteiger partial charge on any atom is -0.360 e. The molecule has 0 saturated carbocycles. The van der Waals surface area contributed by atoms with Crippen LogP contribution >= 0.6 is 0 Å². The average molecular weight is 343 g/mol. The molecule has 1 N–H and O–H groups in total. The second-order valence-electron chi connectivity index (χ2n) is 5.78. The maximum atomic E-state index is 13.4.